The lowest BCUT2D eigenvalue weighted by atomic mass is 10.1. The van der Waals surface area contributed by atoms with E-state index in [4.69, 9.17) is 64.2 Å². The summed E-state index contributed by atoms with van der Waals surface area (Å²) in [6.45, 7) is 16.9. The van der Waals surface area contributed by atoms with Crippen LogP contribution in [0.15, 0.2) is 128 Å². The van der Waals surface area contributed by atoms with E-state index in [0.29, 0.717) is 85.4 Å². The zero-order chi connectivity index (χ0) is 66.2. The van der Waals surface area contributed by atoms with E-state index >= 15 is 0 Å². The van der Waals surface area contributed by atoms with Crippen molar-refractivity contribution in [1.82, 2.24) is 69.9 Å². The fourth-order valence-electron chi connectivity index (χ4n) is 11.8. The third kappa shape index (κ3) is 16.4. The van der Waals surface area contributed by atoms with Crippen molar-refractivity contribution < 1.29 is 19.1 Å². The predicted molar refractivity (Wildman–Crippen MR) is 375 cm³/mol. The molecule has 0 unspecified atom stereocenters. The number of pyridine rings is 2. The van der Waals surface area contributed by atoms with Gasteiger partial charge in [-0.3, -0.25) is 9.97 Å². The number of halogens is 3. The summed E-state index contributed by atoms with van der Waals surface area (Å²) in [5.41, 5.74) is 13.5. The van der Waals surface area contributed by atoms with Gasteiger partial charge < -0.3 is 55.5 Å². The maximum atomic E-state index is 12.8. The molecule has 24 heteroatoms. The van der Waals surface area contributed by atoms with Crippen molar-refractivity contribution in [2.45, 2.75) is 111 Å². The van der Waals surface area contributed by atoms with Gasteiger partial charge in [0.05, 0.1) is 40.2 Å². The van der Waals surface area contributed by atoms with Gasteiger partial charge in [-0.2, -0.15) is 0 Å². The number of para-hydroxylation sites is 3. The Hall–Kier alpha value is -9.41. The van der Waals surface area contributed by atoms with Gasteiger partial charge in [0.2, 0.25) is 5.28 Å². The number of anilines is 3. The normalized spacial score (nSPS) is 13.6. The molecule has 8 aromatic heterocycles. The molecule has 11 heterocycles. The topological polar surface area (TPSA) is 258 Å². The van der Waals surface area contributed by atoms with Gasteiger partial charge >= 0.3 is 12.2 Å². The van der Waals surface area contributed by atoms with Crippen molar-refractivity contribution in [1.29, 1.82) is 0 Å². The van der Waals surface area contributed by atoms with Crippen molar-refractivity contribution in [3.63, 3.8) is 0 Å². The summed E-state index contributed by atoms with van der Waals surface area (Å²) in [5, 5.41) is 18.9. The van der Waals surface area contributed by atoms with Crippen molar-refractivity contribution in [2.75, 3.05) is 55.2 Å². The van der Waals surface area contributed by atoms with Crippen LogP contribution in [-0.4, -0.2) is 127 Å². The van der Waals surface area contributed by atoms with E-state index in [2.05, 4.69) is 111 Å². The van der Waals surface area contributed by atoms with Gasteiger partial charge in [-0.05, 0) is 119 Å². The molecule has 21 nitrogen and oxygen atoms in total. The van der Waals surface area contributed by atoms with Crippen molar-refractivity contribution >= 4 is 97.2 Å². The molecule has 0 saturated heterocycles. The molecule has 3 aliphatic heterocycles. The first kappa shape index (κ1) is 65.6. The van der Waals surface area contributed by atoms with E-state index < -0.39 is 11.2 Å². The predicted octanol–water partition coefficient (Wildman–Crippen LogP) is 14.2. The van der Waals surface area contributed by atoms with Gasteiger partial charge in [0.1, 0.15) is 28.7 Å². The minimum atomic E-state index is -0.558. The Morgan fingerprint density at radius 3 is 1.34 bits per heavy atom. The summed E-state index contributed by atoms with van der Waals surface area (Å²) >= 11 is 18.4. The van der Waals surface area contributed by atoms with Crippen LogP contribution < -0.4 is 21.3 Å². The average molecular weight is 1340 g/mol. The van der Waals surface area contributed by atoms with Crippen LogP contribution in [0.3, 0.4) is 0 Å². The number of fused-ring (bicyclic) bond motifs is 6. The number of rotatable bonds is 14. The van der Waals surface area contributed by atoms with Gasteiger partial charge in [0.25, 0.3) is 0 Å². The molecule has 7 N–H and O–H groups in total. The SMILES string of the molecule is CC(C)(C)OC(=O)N1CCc2nc(-c3cncc(Cl)c3)nc(NCCc3c[nH]c4ccccc34)c2C1.CC(C)(C)OC(=O)N1CCc2nc(Cl)nc(NCCc3c[nH]c4ccccc34)c2C1.Clc1cncc(-c2nc3c(c(NCCc4c[nH]c5ccccc45)n2)CNCC3)c1. The molecule has 0 atom stereocenters. The molecule has 0 radical (unpaired) electrons. The highest BCUT2D eigenvalue weighted by Gasteiger charge is 2.31. The van der Waals surface area contributed by atoms with Crippen LogP contribution in [0.4, 0.5) is 27.0 Å². The number of amides is 2. The number of aromatic nitrogens is 11. The molecule has 0 bridgehead atoms. The Morgan fingerprint density at radius 2 is 0.905 bits per heavy atom. The molecular weight excluding hydrogens is 1260 g/mol. The van der Waals surface area contributed by atoms with Gasteiger partial charge in [-0.1, -0.05) is 77.8 Å². The van der Waals surface area contributed by atoms with E-state index in [0.717, 1.165) is 107 Å². The van der Waals surface area contributed by atoms with E-state index in [1.54, 1.807) is 34.6 Å². The first-order valence-corrected chi connectivity index (χ1v) is 33.1. The average Bonchev–Trinajstić information content (AvgIpc) is 1.81. The molecule has 3 aliphatic rings. The zero-order valence-electron chi connectivity index (χ0n) is 54.0. The highest BCUT2D eigenvalue weighted by atomic mass is 35.5. The number of ether oxygens (including phenoxy) is 2. The third-order valence-corrected chi connectivity index (χ3v) is 16.9. The number of aromatic amines is 3. The zero-order valence-corrected chi connectivity index (χ0v) is 56.2. The molecular formula is C71H76Cl3N17O4. The Morgan fingerprint density at radius 1 is 0.505 bits per heavy atom. The van der Waals surface area contributed by atoms with Crippen LogP contribution in [0, 0.1) is 0 Å². The Balaban J connectivity index is 0.000000137. The summed E-state index contributed by atoms with van der Waals surface area (Å²) in [4.78, 5) is 75.0. The summed E-state index contributed by atoms with van der Waals surface area (Å²) in [6.07, 6.45) is 16.8. The van der Waals surface area contributed by atoms with E-state index in [-0.39, 0.29) is 17.5 Å². The van der Waals surface area contributed by atoms with Crippen LogP contribution in [0.5, 0.6) is 0 Å². The Kier molecular flexibility index (Phi) is 20.1. The van der Waals surface area contributed by atoms with Gasteiger partial charge in [-0.25, -0.2) is 39.5 Å². The maximum absolute atomic E-state index is 12.8. The molecule has 0 spiro atoms. The fourth-order valence-corrected chi connectivity index (χ4v) is 12.4. The quantitative estimate of drug-likeness (QED) is 0.0499. The lowest BCUT2D eigenvalue weighted by Crippen LogP contribution is -2.40. The maximum Gasteiger partial charge on any atom is 0.410 e. The lowest BCUT2D eigenvalue weighted by molar-refractivity contribution is 0.0213. The number of nitrogens with zero attached hydrogens (tertiary/aromatic N) is 10. The molecule has 14 rings (SSSR count). The van der Waals surface area contributed by atoms with Gasteiger partial charge in [0.15, 0.2) is 11.6 Å². The third-order valence-electron chi connectivity index (χ3n) is 16.3. The molecule has 490 valence electrons. The van der Waals surface area contributed by atoms with Crippen LogP contribution in [0.2, 0.25) is 15.3 Å². The summed E-state index contributed by atoms with van der Waals surface area (Å²) in [7, 11) is 0. The van der Waals surface area contributed by atoms with Crippen molar-refractivity contribution in [2.24, 2.45) is 0 Å². The van der Waals surface area contributed by atoms with E-state index in [1.165, 1.54) is 38.4 Å². The molecule has 0 aliphatic carbocycles. The smallest absolute Gasteiger partial charge is 0.410 e. The molecule has 3 aromatic carbocycles. The second-order valence-electron chi connectivity index (χ2n) is 25.5. The summed E-state index contributed by atoms with van der Waals surface area (Å²) < 4.78 is 11.1. The number of nitrogens with one attached hydrogen (secondary N) is 7. The summed E-state index contributed by atoms with van der Waals surface area (Å²) in [5.74, 6) is 3.50. The van der Waals surface area contributed by atoms with E-state index in [1.807, 2.05) is 90.2 Å². The minimum Gasteiger partial charge on any atom is -0.444 e. The van der Waals surface area contributed by atoms with Crippen LogP contribution >= 0.6 is 34.8 Å². The van der Waals surface area contributed by atoms with Crippen LogP contribution in [0.25, 0.3) is 55.5 Å². The molecule has 0 saturated carbocycles. The Labute approximate surface area is 566 Å². The monoisotopic (exact) mass is 1340 g/mol. The lowest BCUT2D eigenvalue weighted by Gasteiger charge is -2.31. The minimum absolute atomic E-state index is 0.217. The standard InChI is InChI=1S/C27H29ClN6O2.C22H21ClN6.C22H26ClN5O2/c1-27(2,3)36-26(35)34-11-9-23-21(16-34)25(33-24(32-23)18-12-19(28)15-29-13-18)30-10-8-17-14-31-22-7-5-4-6-20(17)22;23-16-9-15(10-25-12-16)21-28-20-6-7-24-13-18(20)22(29-21)26-8-5-14-11-27-19-4-2-1-3-17(14)19;1-22(2,3)30-21(29)28-11-9-18-16(13-28)19(27-20(23)26-18)24-10-8-14-12-25-17-7-5-4-6-15(14)17/h4-7,12-15,31H,8-11,16H2,1-3H3,(H,30,32,33);1-4,9-12,24,27H,5-8,13H2,(H,26,28,29);4-7,12,25H,8-11,13H2,1-3H3,(H,24,26,27). The molecule has 2 amide bonds. The number of benzene rings is 3. The first-order chi connectivity index (χ1) is 45.8. The van der Waals surface area contributed by atoms with Crippen molar-refractivity contribution in [3.8, 4) is 22.8 Å². The largest absolute Gasteiger partial charge is 0.444 e. The summed E-state index contributed by atoms with van der Waals surface area (Å²) in [6, 6.07) is 28.5. The molecule has 95 heavy (non-hydrogen) atoms. The van der Waals surface area contributed by atoms with E-state index in [9.17, 15) is 9.59 Å². The highest BCUT2D eigenvalue weighted by Crippen LogP contribution is 2.32. The van der Waals surface area contributed by atoms with Crippen molar-refractivity contribution in [3.05, 3.63) is 194 Å². The number of H-pyrrole nitrogens is 3. The number of hydrogen-bond donors (Lipinski definition) is 7. The first-order valence-electron chi connectivity index (χ1n) is 31.9. The fraction of sp³-hybridized carbons (Fsp3) is 0.324. The highest BCUT2D eigenvalue weighted by molar-refractivity contribution is 6.31. The Bertz CT molecular complexity index is 4560. The van der Waals surface area contributed by atoms with Gasteiger partial charge in [-0.15, -0.1) is 0 Å². The second-order valence-corrected chi connectivity index (χ2v) is 26.7. The second kappa shape index (κ2) is 29.1. The number of carbonyl (C=O) groups is 2. The number of hydrogen-bond acceptors (Lipinski definition) is 16. The van der Waals surface area contributed by atoms with Crippen LogP contribution in [0.1, 0.15) is 92.0 Å². The number of carbonyl (C=O) groups excluding carboxylic acids is 2. The van der Waals surface area contributed by atoms with Gasteiger partial charge in [0, 0.05) is 169 Å². The van der Waals surface area contributed by atoms with Crippen LogP contribution in [-0.2, 0) is 67.6 Å². The molecule has 0 fully saturated rings. The molecule has 11 aromatic rings.